The van der Waals surface area contributed by atoms with Gasteiger partial charge >= 0.3 is 0 Å². The smallest absolute Gasteiger partial charge is 0.224 e. The number of amides is 1. The first-order valence-corrected chi connectivity index (χ1v) is 20.5. The van der Waals surface area contributed by atoms with Gasteiger partial charge in [-0.3, -0.25) is 4.79 Å². The number of carbonyl (C=O) groups excluding carboxylic acids is 1. The molecule has 0 saturated carbocycles. The lowest BCUT2D eigenvalue weighted by molar-refractivity contribution is -0.263. The highest BCUT2D eigenvalue weighted by molar-refractivity contribution is 5.90. The molecule has 286 valence electrons. The van der Waals surface area contributed by atoms with Crippen LogP contribution in [0.5, 0.6) is 0 Å². The molecule has 4 atom stereocenters. The first-order valence-electron chi connectivity index (χ1n) is 20.5. The number of para-hydroxylation sites is 2. The number of anilines is 1. The molecule has 1 fully saturated rings. The molecule has 7 heteroatoms. The molecule has 0 radical (unpaired) electrons. The quantitative estimate of drug-likeness (QED) is 0.0735. The van der Waals surface area contributed by atoms with Gasteiger partial charge in [0.15, 0.2) is 6.29 Å². The van der Waals surface area contributed by atoms with Gasteiger partial charge in [-0.05, 0) is 47.4 Å². The number of rotatable bonds is 21. The summed E-state index contributed by atoms with van der Waals surface area (Å²) in [5.74, 6) is -0.0941. The highest BCUT2D eigenvalue weighted by Crippen LogP contribution is 2.47. The van der Waals surface area contributed by atoms with Gasteiger partial charge in [0.05, 0.1) is 42.7 Å². The minimum atomic E-state index is -0.676. The Hall–Kier alpha value is -4.30. The number of aliphatic hydroxyl groups excluding tert-OH is 1. The lowest BCUT2D eigenvalue weighted by Gasteiger charge is -2.43. The monoisotopic (exact) mass is 729 g/mol. The number of nitrogens with zero attached hydrogens (tertiary/aromatic N) is 2. The Labute approximate surface area is 322 Å². The Morgan fingerprint density at radius 3 is 2.06 bits per heavy atom. The molecule has 6 rings (SSSR count). The Bertz CT molecular complexity index is 1840. The molecule has 0 aliphatic carbocycles. The number of carbonyl (C=O) groups is 1. The van der Waals surface area contributed by atoms with Crippen molar-refractivity contribution in [2.45, 2.75) is 134 Å². The number of nitrogens with one attached hydrogen (secondary N) is 1. The molecule has 5 aromatic rings. The maximum absolute atomic E-state index is 13.0. The number of aliphatic hydroxyl groups is 1. The third-order valence-corrected chi connectivity index (χ3v) is 10.8. The van der Waals surface area contributed by atoms with E-state index in [0.29, 0.717) is 13.0 Å². The van der Waals surface area contributed by atoms with Crippen LogP contribution in [0.2, 0.25) is 0 Å². The van der Waals surface area contributed by atoms with Crippen molar-refractivity contribution in [3.63, 3.8) is 0 Å². The first-order chi connectivity index (χ1) is 26.6. The van der Waals surface area contributed by atoms with Gasteiger partial charge in [-0.2, -0.15) is 0 Å². The normalized spacial score (nSPS) is 18.6. The Morgan fingerprint density at radius 2 is 1.35 bits per heavy atom. The van der Waals surface area contributed by atoms with E-state index in [-0.39, 0.29) is 30.6 Å². The van der Waals surface area contributed by atoms with Gasteiger partial charge in [0.25, 0.3) is 0 Å². The molecular formula is C47H59N3O4. The van der Waals surface area contributed by atoms with Crippen molar-refractivity contribution < 1.29 is 19.4 Å². The SMILES string of the molecule is CCCCCCCCCCCCCCCC(=O)Nc1cccc(C2O[C@H](Cn3cnc4ccccc43)[C@@H](c3ccccc3)[C@H](c3ccc(CO)cc3)O2)c1. The minimum Gasteiger partial charge on any atom is -0.392 e. The molecule has 1 amide bonds. The Balaban J connectivity index is 1.10. The van der Waals surface area contributed by atoms with Crippen LogP contribution >= 0.6 is 0 Å². The molecule has 1 aliphatic rings. The summed E-state index contributed by atoms with van der Waals surface area (Å²) < 4.78 is 16.0. The predicted octanol–water partition coefficient (Wildman–Crippen LogP) is 11.6. The summed E-state index contributed by atoms with van der Waals surface area (Å²) in [5.41, 5.74) is 6.56. The second-order valence-corrected chi connectivity index (χ2v) is 15.0. The Morgan fingerprint density at radius 1 is 0.704 bits per heavy atom. The third-order valence-electron chi connectivity index (χ3n) is 10.8. The summed E-state index contributed by atoms with van der Waals surface area (Å²) in [6.45, 7) is 2.82. The van der Waals surface area contributed by atoms with Crippen molar-refractivity contribution in [2.24, 2.45) is 0 Å². The minimum absolute atomic E-state index is 0.0200. The summed E-state index contributed by atoms with van der Waals surface area (Å²) in [6, 6.07) is 34.4. The molecule has 54 heavy (non-hydrogen) atoms. The summed E-state index contributed by atoms with van der Waals surface area (Å²) in [4.78, 5) is 17.7. The molecule has 0 bridgehead atoms. The van der Waals surface area contributed by atoms with E-state index in [0.717, 1.165) is 51.8 Å². The summed E-state index contributed by atoms with van der Waals surface area (Å²) in [7, 11) is 0. The van der Waals surface area contributed by atoms with Crippen molar-refractivity contribution >= 4 is 22.6 Å². The van der Waals surface area contributed by atoms with Crippen molar-refractivity contribution in [3.8, 4) is 0 Å². The van der Waals surface area contributed by atoms with Gasteiger partial charge in [0, 0.05) is 23.6 Å². The van der Waals surface area contributed by atoms with Gasteiger partial charge < -0.3 is 24.5 Å². The number of aromatic nitrogens is 2. The second-order valence-electron chi connectivity index (χ2n) is 15.0. The summed E-state index contributed by atoms with van der Waals surface area (Å²) in [6.07, 6.45) is 17.8. The van der Waals surface area contributed by atoms with E-state index in [2.05, 4.69) is 52.1 Å². The predicted molar refractivity (Wildman–Crippen MR) is 218 cm³/mol. The maximum atomic E-state index is 13.0. The number of ether oxygens (including phenoxy) is 2. The second kappa shape index (κ2) is 21.0. The molecule has 7 nitrogen and oxygen atoms in total. The van der Waals surface area contributed by atoms with Crippen LogP contribution in [0.1, 0.15) is 137 Å². The highest BCUT2D eigenvalue weighted by atomic mass is 16.7. The number of unbranched alkanes of at least 4 members (excludes halogenated alkanes) is 12. The zero-order valence-corrected chi connectivity index (χ0v) is 32.1. The van der Waals surface area contributed by atoms with Gasteiger partial charge in [0.2, 0.25) is 5.91 Å². The summed E-state index contributed by atoms with van der Waals surface area (Å²) in [5, 5.41) is 12.9. The van der Waals surface area contributed by atoms with Gasteiger partial charge in [-0.15, -0.1) is 0 Å². The van der Waals surface area contributed by atoms with Crippen LogP contribution in [0.25, 0.3) is 11.0 Å². The van der Waals surface area contributed by atoms with E-state index in [9.17, 15) is 9.90 Å². The zero-order chi connectivity index (χ0) is 37.4. The van der Waals surface area contributed by atoms with E-state index < -0.39 is 6.29 Å². The maximum Gasteiger partial charge on any atom is 0.224 e. The lowest BCUT2D eigenvalue weighted by Crippen LogP contribution is -2.39. The fourth-order valence-electron chi connectivity index (χ4n) is 7.80. The van der Waals surface area contributed by atoms with E-state index in [1.807, 2.05) is 79.1 Å². The number of fused-ring (bicyclic) bond motifs is 1. The van der Waals surface area contributed by atoms with Crippen molar-refractivity contribution in [3.05, 3.63) is 132 Å². The average Bonchev–Trinajstić information content (AvgIpc) is 3.62. The topological polar surface area (TPSA) is 85.6 Å². The number of hydrogen-bond donors (Lipinski definition) is 2. The molecule has 2 heterocycles. The van der Waals surface area contributed by atoms with E-state index in [1.54, 1.807) is 0 Å². The molecule has 1 unspecified atom stereocenters. The third kappa shape index (κ3) is 11.1. The lowest BCUT2D eigenvalue weighted by atomic mass is 9.83. The molecule has 2 N–H and O–H groups in total. The molecule has 1 aromatic heterocycles. The van der Waals surface area contributed by atoms with E-state index in [4.69, 9.17) is 9.47 Å². The highest BCUT2D eigenvalue weighted by Gasteiger charge is 2.42. The van der Waals surface area contributed by atoms with Crippen LogP contribution in [0.15, 0.2) is 109 Å². The Kier molecular flexibility index (Phi) is 15.3. The molecule has 0 spiro atoms. The molecular weight excluding hydrogens is 671 g/mol. The molecule has 1 aliphatic heterocycles. The zero-order valence-electron chi connectivity index (χ0n) is 32.1. The molecule has 1 saturated heterocycles. The van der Waals surface area contributed by atoms with E-state index >= 15 is 0 Å². The van der Waals surface area contributed by atoms with Crippen LogP contribution < -0.4 is 5.32 Å². The standard InChI is InChI=1S/C47H59N3O4/c1-2-3-4-5-6-7-8-9-10-11-12-13-17-27-44(52)49-40-24-20-23-39(32-40)47-53-43(33-50-35-48-41-25-18-19-26-42(41)50)45(37-21-15-14-16-22-37)46(54-47)38-30-28-36(34-51)29-31-38/h14-16,18-26,28-32,35,43,45-47,51H,2-13,17,27,33-34H2,1H3,(H,49,52)/t43-,45-,46+,47?/m1/s1. The number of hydrogen-bond acceptors (Lipinski definition) is 5. The van der Waals surface area contributed by atoms with Crippen molar-refractivity contribution in [2.75, 3.05) is 5.32 Å². The van der Waals surface area contributed by atoms with Crippen LogP contribution in [0.4, 0.5) is 5.69 Å². The fourth-order valence-corrected chi connectivity index (χ4v) is 7.80. The van der Waals surface area contributed by atoms with Crippen LogP contribution in [0.3, 0.4) is 0 Å². The van der Waals surface area contributed by atoms with Crippen molar-refractivity contribution in [1.82, 2.24) is 9.55 Å². The van der Waals surface area contributed by atoms with Gasteiger partial charge in [-0.1, -0.05) is 163 Å². The van der Waals surface area contributed by atoms with Gasteiger partial charge in [-0.25, -0.2) is 4.98 Å². The first kappa shape index (κ1) is 39.4. The van der Waals surface area contributed by atoms with Crippen LogP contribution in [-0.4, -0.2) is 26.7 Å². The fraction of sp³-hybridized carbons (Fsp3) is 0.447. The van der Waals surface area contributed by atoms with Gasteiger partial charge in [0.1, 0.15) is 0 Å². The van der Waals surface area contributed by atoms with Crippen molar-refractivity contribution in [1.29, 1.82) is 0 Å². The number of benzene rings is 4. The average molecular weight is 730 g/mol. The van der Waals surface area contributed by atoms with Crippen LogP contribution in [-0.2, 0) is 27.4 Å². The largest absolute Gasteiger partial charge is 0.392 e. The van der Waals surface area contributed by atoms with Crippen LogP contribution in [0, 0.1) is 0 Å². The number of imidazole rings is 1. The van der Waals surface area contributed by atoms with E-state index in [1.165, 1.54) is 70.6 Å². The molecule has 4 aromatic carbocycles. The summed E-state index contributed by atoms with van der Waals surface area (Å²) >= 11 is 0.